The average molecular weight is 239 g/mol. The number of hydrogen-bond donors (Lipinski definition) is 1. The number of nitro groups is 2. The van der Waals surface area contributed by atoms with E-state index in [2.05, 4.69) is 0 Å². The number of nitro benzene ring substituents is 2. The third-order valence-electron chi connectivity index (χ3n) is 2.12. The smallest absolute Gasteiger partial charge is 0.279 e. The summed E-state index contributed by atoms with van der Waals surface area (Å²) in [6.45, 7) is 0. The van der Waals surface area contributed by atoms with Crippen molar-refractivity contribution >= 4 is 17.3 Å². The van der Waals surface area contributed by atoms with Crippen LogP contribution >= 0.6 is 0 Å². The van der Waals surface area contributed by atoms with Gasteiger partial charge >= 0.3 is 0 Å². The molecule has 0 aromatic heterocycles. The van der Waals surface area contributed by atoms with Crippen molar-refractivity contribution in [2.45, 2.75) is 12.8 Å². The van der Waals surface area contributed by atoms with Crippen LogP contribution in [0.15, 0.2) is 18.2 Å². The molecule has 0 aliphatic rings. The van der Waals surface area contributed by atoms with E-state index in [0.717, 1.165) is 12.1 Å². The molecule has 0 aliphatic heterocycles. The Balaban J connectivity index is 3.08. The predicted molar refractivity (Wildman–Crippen MR) is 57.3 cm³/mol. The molecule has 0 saturated carbocycles. The molecule has 0 unspecified atom stereocenters. The van der Waals surface area contributed by atoms with Crippen molar-refractivity contribution < 1.29 is 14.6 Å². The molecule has 8 heteroatoms. The molecule has 1 rings (SSSR count). The summed E-state index contributed by atoms with van der Waals surface area (Å²) < 4.78 is 0. The van der Waals surface area contributed by atoms with Gasteiger partial charge in [0.2, 0.25) is 5.91 Å². The number of nitrogens with two attached hydrogens (primary N) is 1. The summed E-state index contributed by atoms with van der Waals surface area (Å²) >= 11 is 0. The second-order valence-electron chi connectivity index (χ2n) is 3.29. The van der Waals surface area contributed by atoms with Crippen LogP contribution < -0.4 is 5.73 Å². The zero-order valence-electron chi connectivity index (χ0n) is 8.66. The molecule has 90 valence electrons. The number of amides is 1. The molecule has 0 spiro atoms. The Morgan fingerprint density at radius 2 is 1.88 bits per heavy atom. The van der Waals surface area contributed by atoms with E-state index in [1.165, 1.54) is 6.07 Å². The third-order valence-corrected chi connectivity index (χ3v) is 2.12. The zero-order chi connectivity index (χ0) is 13.0. The number of primary amides is 1. The minimum atomic E-state index is -0.719. The number of benzene rings is 1. The van der Waals surface area contributed by atoms with Crippen molar-refractivity contribution in [3.05, 3.63) is 44.0 Å². The fraction of sp³-hybridized carbons (Fsp3) is 0.222. The van der Waals surface area contributed by atoms with Crippen molar-refractivity contribution in [3.8, 4) is 0 Å². The van der Waals surface area contributed by atoms with Crippen molar-refractivity contribution in [3.63, 3.8) is 0 Å². The summed E-state index contributed by atoms with van der Waals surface area (Å²) in [7, 11) is 0. The highest BCUT2D eigenvalue weighted by Gasteiger charge is 2.19. The molecule has 2 N–H and O–H groups in total. The average Bonchev–Trinajstić information content (AvgIpc) is 2.25. The summed E-state index contributed by atoms with van der Waals surface area (Å²) in [6, 6.07) is 3.29. The van der Waals surface area contributed by atoms with Gasteiger partial charge in [-0.3, -0.25) is 25.0 Å². The van der Waals surface area contributed by atoms with Gasteiger partial charge < -0.3 is 5.73 Å². The minimum Gasteiger partial charge on any atom is -0.370 e. The Morgan fingerprint density at radius 1 is 1.24 bits per heavy atom. The molecule has 0 heterocycles. The third kappa shape index (κ3) is 3.23. The Morgan fingerprint density at radius 3 is 2.35 bits per heavy atom. The van der Waals surface area contributed by atoms with Crippen LogP contribution in [0.4, 0.5) is 11.4 Å². The lowest BCUT2D eigenvalue weighted by molar-refractivity contribution is -0.394. The van der Waals surface area contributed by atoms with Gasteiger partial charge in [0.05, 0.1) is 15.9 Å². The summed E-state index contributed by atoms with van der Waals surface area (Å²) in [5.41, 5.74) is 4.44. The van der Waals surface area contributed by atoms with E-state index in [9.17, 15) is 25.0 Å². The highest BCUT2D eigenvalue weighted by molar-refractivity contribution is 5.74. The van der Waals surface area contributed by atoms with E-state index in [0.29, 0.717) is 0 Å². The Bertz CT molecular complexity index is 486. The molecule has 0 saturated heterocycles. The SMILES string of the molecule is NC(=O)CCc1ccc([N+](=O)[O-])cc1[N+](=O)[O-]. The van der Waals surface area contributed by atoms with Gasteiger partial charge in [-0.05, 0) is 12.5 Å². The molecule has 0 radical (unpaired) electrons. The van der Waals surface area contributed by atoms with Gasteiger partial charge in [-0.25, -0.2) is 0 Å². The van der Waals surface area contributed by atoms with Gasteiger partial charge in [0, 0.05) is 18.1 Å². The lowest BCUT2D eigenvalue weighted by Gasteiger charge is -2.01. The molecule has 1 amide bonds. The monoisotopic (exact) mass is 239 g/mol. The Labute approximate surface area is 95.3 Å². The number of carbonyl (C=O) groups is 1. The molecule has 1 aromatic carbocycles. The fourth-order valence-corrected chi connectivity index (χ4v) is 1.31. The molecule has 0 atom stereocenters. The molecule has 0 bridgehead atoms. The number of hydrogen-bond acceptors (Lipinski definition) is 5. The van der Waals surface area contributed by atoms with E-state index in [4.69, 9.17) is 5.73 Å². The topological polar surface area (TPSA) is 129 Å². The Hall–Kier alpha value is -2.51. The van der Waals surface area contributed by atoms with Gasteiger partial charge in [0.1, 0.15) is 0 Å². The maximum atomic E-state index is 10.7. The van der Waals surface area contributed by atoms with E-state index in [1.807, 2.05) is 0 Å². The quantitative estimate of drug-likeness (QED) is 0.603. The van der Waals surface area contributed by atoms with Crippen LogP contribution in [-0.4, -0.2) is 15.8 Å². The first-order valence-corrected chi connectivity index (χ1v) is 4.62. The number of carbonyl (C=O) groups excluding carboxylic acids is 1. The number of rotatable bonds is 5. The van der Waals surface area contributed by atoms with Crippen LogP contribution in [0.5, 0.6) is 0 Å². The summed E-state index contributed by atoms with van der Waals surface area (Å²) in [5, 5.41) is 21.2. The lowest BCUT2D eigenvalue weighted by atomic mass is 10.1. The number of aryl methyl sites for hydroxylation is 1. The van der Waals surface area contributed by atoms with E-state index in [-0.39, 0.29) is 29.8 Å². The highest BCUT2D eigenvalue weighted by atomic mass is 16.6. The fourth-order valence-electron chi connectivity index (χ4n) is 1.31. The largest absolute Gasteiger partial charge is 0.370 e. The van der Waals surface area contributed by atoms with E-state index < -0.39 is 15.8 Å². The molecule has 1 aromatic rings. The van der Waals surface area contributed by atoms with E-state index in [1.54, 1.807) is 0 Å². The van der Waals surface area contributed by atoms with Gasteiger partial charge in [-0.1, -0.05) is 0 Å². The molecular weight excluding hydrogens is 230 g/mol. The normalized spacial score (nSPS) is 9.88. The van der Waals surface area contributed by atoms with Gasteiger partial charge in [-0.2, -0.15) is 0 Å². The van der Waals surface area contributed by atoms with Crippen molar-refractivity contribution in [1.29, 1.82) is 0 Å². The van der Waals surface area contributed by atoms with Crippen LogP contribution in [-0.2, 0) is 11.2 Å². The van der Waals surface area contributed by atoms with Gasteiger partial charge in [0.15, 0.2) is 0 Å². The maximum Gasteiger partial charge on any atom is 0.279 e. The van der Waals surface area contributed by atoms with Crippen molar-refractivity contribution in [2.75, 3.05) is 0 Å². The van der Waals surface area contributed by atoms with Crippen LogP contribution in [0.3, 0.4) is 0 Å². The highest BCUT2D eigenvalue weighted by Crippen LogP contribution is 2.25. The second kappa shape index (κ2) is 5.01. The molecule has 0 fully saturated rings. The van der Waals surface area contributed by atoms with Crippen LogP contribution in [0, 0.1) is 20.2 Å². The lowest BCUT2D eigenvalue weighted by Crippen LogP contribution is -2.11. The summed E-state index contributed by atoms with van der Waals surface area (Å²) in [4.78, 5) is 30.3. The standard InChI is InChI=1S/C9H9N3O5/c10-9(13)4-2-6-1-3-7(11(14)15)5-8(6)12(16)17/h1,3,5H,2,4H2,(H2,10,13). The van der Waals surface area contributed by atoms with Crippen LogP contribution in [0.25, 0.3) is 0 Å². The first-order valence-electron chi connectivity index (χ1n) is 4.62. The predicted octanol–water partition coefficient (Wildman–Crippen LogP) is 0.921. The zero-order valence-corrected chi connectivity index (χ0v) is 8.66. The van der Waals surface area contributed by atoms with Crippen LogP contribution in [0.1, 0.15) is 12.0 Å². The molecule has 8 nitrogen and oxygen atoms in total. The summed E-state index contributed by atoms with van der Waals surface area (Å²) in [5.74, 6) is -0.586. The van der Waals surface area contributed by atoms with Gasteiger partial charge in [0.25, 0.3) is 11.4 Å². The first-order chi connectivity index (χ1) is 7.91. The molecule has 17 heavy (non-hydrogen) atoms. The summed E-state index contributed by atoms with van der Waals surface area (Å²) in [6.07, 6.45) is 0.0439. The molecular formula is C9H9N3O5. The van der Waals surface area contributed by atoms with E-state index >= 15 is 0 Å². The maximum absolute atomic E-state index is 10.7. The number of non-ortho nitro benzene ring substituents is 1. The first kappa shape index (κ1) is 12.6. The molecule has 0 aliphatic carbocycles. The van der Waals surface area contributed by atoms with Gasteiger partial charge in [-0.15, -0.1) is 0 Å². The van der Waals surface area contributed by atoms with Crippen molar-refractivity contribution in [2.24, 2.45) is 5.73 Å². The Kier molecular flexibility index (Phi) is 3.70. The van der Waals surface area contributed by atoms with Crippen LogP contribution in [0.2, 0.25) is 0 Å². The number of nitrogens with zero attached hydrogens (tertiary/aromatic N) is 2. The van der Waals surface area contributed by atoms with Crippen molar-refractivity contribution in [1.82, 2.24) is 0 Å². The minimum absolute atomic E-state index is 0.0430. The second-order valence-corrected chi connectivity index (χ2v) is 3.29.